The summed E-state index contributed by atoms with van der Waals surface area (Å²) in [6.07, 6.45) is -0.0745. The van der Waals surface area contributed by atoms with Gasteiger partial charge in [-0.05, 0) is 67.1 Å². The van der Waals surface area contributed by atoms with E-state index in [1.165, 1.54) is 30.3 Å². The second kappa shape index (κ2) is 11.0. The number of thiophene rings is 1. The van der Waals surface area contributed by atoms with E-state index in [-0.39, 0.29) is 24.1 Å². The summed E-state index contributed by atoms with van der Waals surface area (Å²) >= 11 is 0.899. The van der Waals surface area contributed by atoms with Crippen molar-refractivity contribution in [2.75, 3.05) is 11.9 Å². The minimum atomic E-state index is -0.770. The number of rotatable bonds is 8. The molecule has 5 nitrogen and oxygen atoms in total. The molecule has 5 rings (SSSR count). The fourth-order valence-corrected chi connectivity index (χ4v) is 5.53. The van der Waals surface area contributed by atoms with Crippen molar-refractivity contribution in [3.05, 3.63) is 101 Å². The van der Waals surface area contributed by atoms with E-state index in [0.717, 1.165) is 28.0 Å². The van der Waals surface area contributed by atoms with E-state index in [1.54, 1.807) is 13.8 Å². The fraction of sp³-hybridized carbons (Fsp3) is 0.226. The Labute approximate surface area is 229 Å². The van der Waals surface area contributed by atoms with E-state index >= 15 is 0 Å². The van der Waals surface area contributed by atoms with Gasteiger partial charge in [0, 0.05) is 11.6 Å². The van der Waals surface area contributed by atoms with Gasteiger partial charge in [-0.15, -0.1) is 11.3 Å². The van der Waals surface area contributed by atoms with E-state index in [4.69, 9.17) is 9.47 Å². The number of halogens is 2. The van der Waals surface area contributed by atoms with Crippen LogP contribution in [0.5, 0.6) is 0 Å². The second-order valence-corrected chi connectivity index (χ2v) is 10.4. The number of anilines is 1. The van der Waals surface area contributed by atoms with Gasteiger partial charge >= 0.3 is 12.1 Å². The Morgan fingerprint density at radius 2 is 1.69 bits per heavy atom. The summed E-state index contributed by atoms with van der Waals surface area (Å²) in [5.41, 5.74) is 3.38. The highest BCUT2D eigenvalue weighted by Gasteiger charge is 2.53. The summed E-state index contributed by atoms with van der Waals surface area (Å²) in [5, 5.41) is 2.20. The molecule has 4 aromatic rings. The zero-order valence-corrected chi connectivity index (χ0v) is 22.3. The predicted octanol–water partition coefficient (Wildman–Crippen LogP) is 8.26. The topological polar surface area (TPSA) is 64.6 Å². The Morgan fingerprint density at radius 3 is 2.36 bits per heavy atom. The Morgan fingerprint density at radius 1 is 0.974 bits per heavy atom. The first-order chi connectivity index (χ1) is 18.8. The highest BCUT2D eigenvalue weighted by Crippen LogP contribution is 2.52. The second-order valence-electron chi connectivity index (χ2n) is 9.45. The van der Waals surface area contributed by atoms with Crippen LogP contribution in [0, 0.1) is 10.9 Å². The maximum absolute atomic E-state index is 14.7. The largest absolute Gasteiger partial charge is 0.465 e. The lowest BCUT2D eigenvalue weighted by Gasteiger charge is -2.18. The van der Waals surface area contributed by atoms with Crippen LogP contribution < -0.4 is 5.32 Å². The molecule has 1 fully saturated rings. The molecule has 0 radical (unpaired) electrons. The van der Waals surface area contributed by atoms with Crippen molar-refractivity contribution in [1.82, 2.24) is 0 Å². The maximum atomic E-state index is 14.7. The summed E-state index contributed by atoms with van der Waals surface area (Å²) in [7, 11) is 0. The smallest absolute Gasteiger partial charge is 0.412 e. The van der Waals surface area contributed by atoms with E-state index in [1.807, 2.05) is 48.5 Å². The monoisotopic (exact) mass is 547 g/mol. The van der Waals surface area contributed by atoms with Crippen molar-refractivity contribution in [1.29, 1.82) is 0 Å². The first kappa shape index (κ1) is 26.6. The molecule has 0 spiro atoms. The SMILES string of the molecule is CCOC(=O)C1(c2ccc(-c3ccccc3)c(-c3sc(F)cc3NC(=O)OC(C)c3ccc(F)cc3)c2)CC1. The van der Waals surface area contributed by atoms with Crippen molar-refractivity contribution >= 4 is 29.1 Å². The van der Waals surface area contributed by atoms with Crippen molar-refractivity contribution in [3.8, 4) is 21.6 Å². The average molecular weight is 548 g/mol. The van der Waals surface area contributed by atoms with E-state index in [0.29, 0.717) is 28.8 Å². The van der Waals surface area contributed by atoms with Gasteiger partial charge in [0.1, 0.15) is 11.9 Å². The highest BCUT2D eigenvalue weighted by atomic mass is 32.1. The lowest BCUT2D eigenvalue weighted by Crippen LogP contribution is -2.23. The van der Waals surface area contributed by atoms with Crippen LogP contribution in [0.25, 0.3) is 21.6 Å². The first-order valence-electron chi connectivity index (χ1n) is 12.7. The van der Waals surface area contributed by atoms with Crippen LogP contribution in [0.2, 0.25) is 0 Å². The molecular weight excluding hydrogens is 520 g/mol. The van der Waals surface area contributed by atoms with Gasteiger partial charge in [-0.25, -0.2) is 9.18 Å². The van der Waals surface area contributed by atoms with E-state index in [9.17, 15) is 18.4 Å². The third-order valence-electron chi connectivity index (χ3n) is 6.88. The molecule has 3 aromatic carbocycles. The standard InChI is InChI=1S/C31H27F2NO4S/c1-3-37-29(35)31(15-16-31)22-11-14-24(21-7-5-4-6-8-21)25(17-22)28-26(18-27(33)39-28)34-30(36)38-19(2)20-9-12-23(32)13-10-20/h4-14,17-19H,3,15-16H2,1-2H3,(H,34,36). The fourth-order valence-electron chi connectivity index (χ4n) is 4.66. The number of ether oxygens (including phenoxy) is 2. The molecule has 1 unspecified atom stereocenters. The number of hydrogen-bond donors (Lipinski definition) is 1. The van der Waals surface area contributed by atoms with Gasteiger partial charge in [0.25, 0.3) is 0 Å². The molecular formula is C31H27F2NO4S. The van der Waals surface area contributed by atoms with Crippen LogP contribution in [0.3, 0.4) is 0 Å². The molecule has 1 atom stereocenters. The van der Waals surface area contributed by atoms with Gasteiger partial charge in [-0.1, -0.05) is 54.6 Å². The molecule has 1 amide bonds. The summed E-state index contributed by atoms with van der Waals surface area (Å²) in [6, 6.07) is 22.3. The zero-order valence-electron chi connectivity index (χ0n) is 21.5. The zero-order chi connectivity index (χ0) is 27.6. The summed E-state index contributed by atoms with van der Waals surface area (Å²) in [6.45, 7) is 3.74. The minimum absolute atomic E-state index is 0.254. The maximum Gasteiger partial charge on any atom is 0.412 e. The molecule has 8 heteroatoms. The molecule has 1 heterocycles. The molecule has 1 aliphatic carbocycles. The number of carbonyl (C=O) groups excluding carboxylic acids is 2. The lowest BCUT2D eigenvalue weighted by molar-refractivity contribution is -0.146. The quantitative estimate of drug-likeness (QED) is 0.226. The molecule has 1 N–H and O–H groups in total. The van der Waals surface area contributed by atoms with Gasteiger partial charge < -0.3 is 9.47 Å². The van der Waals surface area contributed by atoms with Gasteiger partial charge in [-0.3, -0.25) is 10.1 Å². The number of benzene rings is 3. The molecule has 200 valence electrons. The number of amides is 1. The van der Waals surface area contributed by atoms with Gasteiger partial charge in [0.2, 0.25) is 0 Å². The molecule has 0 bridgehead atoms. The Kier molecular flexibility index (Phi) is 7.48. The number of esters is 1. The van der Waals surface area contributed by atoms with Crippen LogP contribution in [0.15, 0.2) is 78.9 Å². The number of nitrogens with one attached hydrogen (secondary N) is 1. The highest BCUT2D eigenvalue weighted by molar-refractivity contribution is 7.14. The van der Waals surface area contributed by atoms with Crippen LogP contribution in [0.4, 0.5) is 19.3 Å². The Balaban J connectivity index is 1.50. The van der Waals surface area contributed by atoms with Crippen molar-refractivity contribution in [2.24, 2.45) is 0 Å². The minimum Gasteiger partial charge on any atom is -0.465 e. The third-order valence-corrected chi connectivity index (χ3v) is 7.84. The third kappa shape index (κ3) is 5.56. The molecule has 0 aliphatic heterocycles. The summed E-state index contributed by atoms with van der Waals surface area (Å²) < 4.78 is 38.8. The van der Waals surface area contributed by atoms with Gasteiger partial charge in [0.15, 0.2) is 5.13 Å². The predicted molar refractivity (Wildman–Crippen MR) is 148 cm³/mol. The van der Waals surface area contributed by atoms with Crippen LogP contribution in [-0.4, -0.2) is 18.7 Å². The van der Waals surface area contributed by atoms with Crippen molar-refractivity contribution < 1.29 is 27.8 Å². The van der Waals surface area contributed by atoms with Crippen LogP contribution in [0.1, 0.15) is 43.9 Å². The summed E-state index contributed by atoms with van der Waals surface area (Å²) in [5.74, 6) is -0.654. The molecule has 1 aromatic heterocycles. The average Bonchev–Trinajstić information content (AvgIpc) is 3.67. The number of hydrogen-bond acceptors (Lipinski definition) is 5. The van der Waals surface area contributed by atoms with Crippen LogP contribution in [-0.2, 0) is 19.7 Å². The normalized spacial score (nSPS) is 14.4. The molecule has 39 heavy (non-hydrogen) atoms. The van der Waals surface area contributed by atoms with Gasteiger partial charge in [0.05, 0.1) is 22.6 Å². The van der Waals surface area contributed by atoms with E-state index < -0.39 is 22.7 Å². The first-order valence-corrected chi connectivity index (χ1v) is 13.5. The molecule has 1 saturated carbocycles. The molecule has 0 saturated heterocycles. The van der Waals surface area contributed by atoms with Gasteiger partial charge in [-0.2, -0.15) is 4.39 Å². The van der Waals surface area contributed by atoms with Crippen molar-refractivity contribution in [3.63, 3.8) is 0 Å². The van der Waals surface area contributed by atoms with E-state index in [2.05, 4.69) is 5.32 Å². The Hall–Kier alpha value is -4.04. The summed E-state index contributed by atoms with van der Waals surface area (Å²) in [4.78, 5) is 26.1. The lowest BCUT2D eigenvalue weighted by atomic mass is 9.89. The Bertz CT molecular complexity index is 1500. The molecule has 1 aliphatic rings. The van der Waals surface area contributed by atoms with Crippen LogP contribution >= 0.6 is 11.3 Å². The number of carbonyl (C=O) groups is 2. The van der Waals surface area contributed by atoms with Crippen molar-refractivity contribution in [2.45, 2.75) is 38.2 Å².